The van der Waals surface area contributed by atoms with Gasteiger partial charge in [0, 0.05) is 23.7 Å². The number of carbonyl (C=O) groups excluding carboxylic acids is 1. The molecule has 1 fully saturated rings. The Hall–Kier alpha value is -2.83. The van der Waals surface area contributed by atoms with E-state index in [1.54, 1.807) is 6.08 Å². The number of benzene rings is 1. The third kappa shape index (κ3) is 3.87. The van der Waals surface area contributed by atoms with Gasteiger partial charge < -0.3 is 10.3 Å². The van der Waals surface area contributed by atoms with Gasteiger partial charge in [0.15, 0.2) is 0 Å². The highest BCUT2D eigenvalue weighted by Crippen LogP contribution is 2.28. The summed E-state index contributed by atoms with van der Waals surface area (Å²) in [5, 5.41) is 2.80. The van der Waals surface area contributed by atoms with Gasteiger partial charge in [-0.05, 0) is 31.0 Å². The number of alkyl halides is 3. The molecule has 3 rings (SSSR count). The van der Waals surface area contributed by atoms with E-state index in [9.17, 15) is 22.8 Å². The Bertz CT molecular complexity index is 912. The third-order valence-electron chi connectivity index (χ3n) is 4.26. The van der Waals surface area contributed by atoms with Gasteiger partial charge in [0.1, 0.15) is 5.56 Å². The van der Waals surface area contributed by atoms with Gasteiger partial charge in [0.05, 0.1) is 0 Å². The minimum absolute atomic E-state index is 0.0737. The number of carbonyl (C=O) groups is 1. The predicted molar refractivity (Wildman–Crippen MR) is 91.5 cm³/mol. The number of H-pyrrole nitrogens is 1. The third-order valence-corrected chi connectivity index (χ3v) is 4.26. The average Bonchev–Trinajstić information content (AvgIpc) is 2.97. The number of nitrogens with one attached hydrogen (secondary N) is 2. The summed E-state index contributed by atoms with van der Waals surface area (Å²) in [6.45, 7) is 1.92. The largest absolute Gasteiger partial charge is 0.421 e. The van der Waals surface area contributed by atoms with Crippen LogP contribution in [0.1, 0.15) is 35.2 Å². The number of aryl methyl sites for hydroxylation is 1. The molecule has 0 radical (unpaired) electrons. The van der Waals surface area contributed by atoms with E-state index in [4.69, 9.17) is 0 Å². The first-order valence-electron chi connectivity index (χ1n) is 8.13. The van der Waals surface area contributed by atoms with Gasteiger partial charge in [0.2, 0.25) is 5.91 Å². The van der Waals surface area contributed by atoms with Crippen LogP contribution in [-0.2, 0) is 11.0 Å². The molecule has 0 spiro atoms. The van der Waals surface area contributed by atoms with E-state index in [0.29, 0.717) is 18.4 Å². The van der Waals surface area contributed by atoms with Crippen LogP contribution in [0.25, 0.3) is 5.57 Å². The fourth-order valence-corrected chi connectivity index (χ4v) is 2.89. The number of hydrogen-bond acceptors (Lipinski definition) is 2. The van der Waals surface area contributed by atoms with Gasteiger partial charge in [0.25, 0.3) is 5.56 Å². The van der Waals surface area contributed by atoms with Crippen LogP contribution < -0.4 is 10.9 Å². The Morgan fingerprint density at radius 1 is 1.12 bits per heavy atom. The van der Waals surface area contributed by atoms with Crippen LogP contribution in [0.4, 0.5) is 13.2 Å². The smallest absolute Gasteiger partial charge is 0.350 e. The number of rotatable bonds is 3. The molecule has 1 atom stereocenters. The molecule has 1 aliphatic heterocycles. The molecule has 0 aliphatic carbocycles. The molecule has 0 saturated carbocycles. The summed E-state index contributed by atoms with van der Waals surface area (Å²) in [6.07, 6.45) is -1.95. The van der Waals surface area contributed by atoms with Crippen LogP contribution in [0.15, 0.2) is 47.3 Å². The molecule has 4 nitrogen and oxygen atoms in total. The lowest BCUT2D eigenvalue weighted by molar-refractivity contribution is -0.138. The monoisotopic (exact) mass is 362 g/mol. The number of aromatic amines is 1. The maximum Gasteiger partial charge on any atom is 0.421 e. The first-order valence-corrected chi connectivity index (χ1v) is 8.13. The summed E-state index contributed by atoms with van der Waals surface area (Å²) in [7, 11) is 0. The zero-order chi connectivity index (χ0) is 18.9. The molecule has 0 unspecified atom stereocenters. The SMILES string of the molecule is Cc1ccc(/C(=C\[C@H]2CCC(=O)N2)c2ccc(C(F)(F)F)c(=O)[nH]2)cc1. The highest BCUT2D eigenvalue weighted by molar-refractivity contribution is 5.82. The normalized spacial score (nSPS) is 18.1. The molecule has 7 heteroatoms. The molecule has 2 heterocycles. The Morgan fingerprint density at radius 3 is 2.35 bits per heavy atom. The van der Waals surface area contributed by atoms with Crippen molar-refractivity contribution >= 4 is 11.5 Å². The Balaban J connectivity index is 2.07. The van der Waals surface area contributed by atoms with Crippen molar-refractivity contribution in [3.63, 3.8) is 0 Å². The molecule has 2 aromatic rings. The van der Waals surface area contributed by atoms with Crippen LogP contribution >= 0.6 is 0 Å². The molecule has 1 saturated heterocycles. The summed E-state index contributed by atoms with van der Waals surface area (Å²) >= 11 is 0. The highest BCUT2D eigenvalue weighted by atomic mass is 19.4. The number of aromatic nitrogens is 1. The lowest BCUT2D eigenvalue weighted by Gasteiger charge is -2.13. The van der Waals surface area contributed by atoms with Crippen LogP contribution in [0.2, 0.25) is 0 Å². The van der Waals surface area contributed by atoms with Crippen molar-refractivity contribution in [2.24, 2.45) is 0 Å². The first-order chi connectivity index (χ1) is 12.2. The highest BCUT2D eigenvalue weighted by Gasteiger charge is 2.34. The van der Waals surface area contributed by atoms with E-state index in [1.807, 2.05) is 31.2 Å². The second-order valence-corrected chi connectivity index (χ2v) is 6.27. The molecule has 136 valence electrons. The second-order valence-electron chi connectivity index (χ2n) is 6.27. The quantitative estimate of drug-likeness (QED) is 0.879. The molecule has 1 aromatic heterocycles. The summed E-state index contributed by atoms with van der Waals surface area (Å²) in [5.41, 5.74) is 0.188. The van der Waals surface area contributed by atoms with Crippen molar-refractivity contribution in [1.29, 1.82) is 0 Å². The van der Waals surface area contributed by atoms with Crippen LogP contribution in [0.5, 0.6) is 0 Å². The Morgan fingerprint density at radius 2 is 1.81 bits per heavy atom. The zero-order valence-electron chi connectivity index (χ0n) is 14.0. The van der Waals surface area contributed by atoms with Crippen molar-refractivity contribution in [2.75, 3.05) is 0 Å². The van der Waals surface area contributed by atoms with Crippen molar-refractivity contribution in [3.8, 4) is 0 Å². The summed E-state index contributed by atoms with van der Waals surface area (Å²) in [5.74, 6) is -0.0737. The van der Waals surface area contributed by atoms with E-state index in [2.05, 4.69) is 10.3 Å². The molecule has 1 amide bonds. The molecule has 26 heavy (non-hydrogen) atoms. The second kappa shape index (κ2) is 6.82. The molecule has 1 aromatic carbocycles. The maximum atomic E-state index is 12.8. The Kier molecular flexibility index (Phi) is 4.71. The topological polar surface area (TPSA) is 62.0 Å². The van der Waals surface area contributed by atoms with E-state index in [-0.39, 0.29) is 17.6 Å². The lowest BCUT2D eigenvalue weighted by Crippen LogP contribution is -2.24. The fraction of sp³-hybridized carbons (Fsp3) is 0.263. The number of halogens is 3. The van der Waals surface area contributed by atoms with Gasteiger partial charge in [-0.1, -0.05) is 35.9 Å². The molecule has 2 N–H and O–H groups in total. The minimum Gasteiger partial charge on any atom is -0.350 e. The van der Waals surface area contributed by atoms with Crippen molar-refractivity contribution < 1.29 is 18.0 Å². The van der Waals surface area contributed by atoms with E-state index < -0.39 is 17.3 Å². The van der Waals surface area contributed by atoms with Crippen LogP contribution in [0, 0.1) is 6.92 Å². The maximum absolute atomic E-state index is 12.8. The molecule has 0 bridgehead atoms. The van der Waals surface area contributed by atoms with Gasteiger partial charge in [-0.25, -0.2) is 0 Å². The van der Waals surface area contributed by atoms with Crippen molar-refractivity contribution in [2.45, 2.75) is 32.0 Å². The number of hydrogen-bond donors (Lipinski definition) is 2. The number of pyridine rings is 1. The van der Waals surface area contributed by atoms with Crippen LogP contribution in [-0.4, -0.2) is 16.9 Å². The van der Waals surface area contributed by atoms with Crippen LogP contribution in [0.3, 0.4) is 0 Å². The van der Waals surface area contributed by atoms with E-state index in [1.165, 1.54) is 6.07 Å². The summed E-state index contributed by atoms with van der Waals surface area (Å²) in [6, 6.07) is 9.19. The summed E-state index contributed by atoms with van der Waals surface area (Å²) < 4.78 is 38.5. The van der Waals surface area contributed by atoms with Gasteiger partial charge >= 0.3 is 6.18 Å². The molecular weight excluding hydrogens is 345 g/mol. The average molecular weight is 362 g/mol. The molecular formula is C19H17F3N2O2. The van der Waals surface area contributed by atoms with Gasteiger partial charge in [-0.2, -0.15) is 13.2 Å². The first kappa shape index (κ1) is 18.0. The summed E-state index contributed by atoms with van der Waals surface area (Å²) in [4.78, 5) is 25.7. The standard InChI is InChI=1S/C19H17F3N2O2/c1-11-2-4-12(5-3-11)14(10-13-6-9-17(25)23-13)16-8-7-15(18(26)24-16)19(20,21)22/h2-5,7-8,10,13H,6,9H2,1H3,(H,23,25)(H,24,26)/b14-10+/t13-/m1/s1. The van der Waals surface area contributed by atoms with Gasteiger partial charge in [-0.15, -0.1) is 0 Å². The van der Waals surface area contributed by atoms with Gasteiger partial charge in [-0.3, -0.25) is 9.59 Å². The minimum atomic E-state index is -4.71. The number of amides is 1. The van der Waals surface area contributed by atoms with E-state index >= 15 is 0 Å². The lowest BCUT2D eigenvalue weighted by atomic mass is 9.98. The van der Waals surface area contributed by atoms with Crippen molar-refractivity contribution in [1.82, 2.24) is 10.3 Å². The van der Waals surface area contributed by atoms with E-state index in [0.717, 1.165) is 17.2 Å². The molecule has 1 aliphatic rings. The van der Waals surface area contributed by atoms with Crippen molar-refractivity contribution in [3.05, 3.63) is 75.2 Å². The predicted octanol–water partition coefficient (Wildman–Crippen LogP) is 3.41. The Labute approximate surface area is 147 Å². The zero-order valence-corrected chi connectivity index (χ0v) is 14.0. The fourth-order valence-electron chi connectivity index (χ4n) is 2.89.